The largest absolute Gasteiger partial charge is 0.423 e. The van der Waals surface area contributed by atoms with Crippen molar-refractivity contribution in [2.75, 3.05) is 13.1 Å². The average molecular weight is 329 g/mol. The second-order valence-corrected chi connectivity index (χ2v) is 5.70. The Balaban J connectivity index is 1.74. The van der Waals surface area contributed by atoms with Gasteiger partial charge in [-0.25, -0.2) is 0 Å². The van der Waals surface area contributed by atoms with E-state index in [1.807, 2.05) is 6.07 Å². The fourth-order valence-electron chi connectivity index (χ4n) is 2.87. The highest BCUT2D eigenvalue weighted by molar-refractivity contribution is 5.94. The van der Waals surface area contributed by atoms with Crippen molar-refractivity contribution in [3.8, 4) is 0 Å². The maximum Gasteiger partial charge on any atom is 0.251 e. The van der Waals surface area contributed by atoms with Crippen LogP contribution >= 0.6 is 0 Å². The number of aromatic nitrogens is 2. The Morgan fingerprint density at radius 3 is 2.71 bits per heavy atom. The van der Waals surface area contributed by atoms with Crippen molar-refractivity contribution >= 4 is 11.8 Å². The minimum Gasteiger partial charge on any atom is -0.423 e. The molecule has 1 aliphatic rings. The molecule has 1 aromatic carbocycles. The van der Waals surface area contributed by atoms with Gasteiger partial charge in [0, 0.05) is 25.1 Å². The Kier molecular flexibility index (Phi) is 4.57. The van der Waals surface area contributed by atoms with Crippen LogP contribution in [0, 0.1) is 6.92 Å². The third-order valence-electron chi connectivity index (χ3n) is 3.99. The summed E-state index contributed by atoms with van der Waals surface area (Å²) in [6, 6.07) is 8.36. The van der Waals surface area contributed by atoms with E-state index in [-0.39, 0.29) is 30.4 Å². The fraction of sp³-hybridized carbons (Fsp3) is 0.375. The van der Waals surface area contributed by atoms with Crippen LogP contribution in [0.5, 0.6) is 0 Å². The number of rotatable bonds is 4. The Hall–Kier alpha value is -2.74. The SMILES string of the molecule is Cc1nnc([C@@H]2C[C@@H](NC(=O)c3ccccc3)CN2C(=O)CN)o1. The number of aryl methyl sites for hydroxylation is 1. The van der Waals surface area contributed by atoms with Gasteiger partial charge >= 0.3 is 0 Å². The maximum atomic E-state index is 12.3. The van der Waals surface area contributed by atoms with Crippen molar-refractivity contribution in [2.45, 2.75) is 25.4 Å². The standard InChI is InChI=1S/C16H19N5O3/c1-10-19-20-16(24-10)13-7-12(9-21(13)14(22)8-17)18-15(23)11-5-3-2-4-6-11/h2-6,12-13H,7-9,17H2,1H3,(H,18,23)/t12-,13+/m1/s1. The summed E-state index contributed by atoms with van der Waals surface area (Å²) < 4.78 is 5.46. The van der Waals surface area contributed by atoms with Crippen LogP contribution in [-0.2, 0) is 4.79 Å². The zero-order valence-electron chi connectivity index (χ0n) is 13.3. The minimum absolute atomic E-state index is 0.108. The molecule has 3 rings (SSSR count). The zero-order chi connectivity index (χ0) is 17.1. The Labute approximate surface area is 139 Å². The molecular formula is C16H19N5O3. The second-order valence-electron chi connectivity index (χ2n) is 5.70. The molecule has 0 bridgehead atoms. The minimum atomic E-state index is -0.372. The van der Waals surface area contributed by atoms with E-state index >= 15 is 0 Å². The van der Waals surface area contributed by atoms with Gasteiger partial charge in [-0.05, 0) is 18.6 Å². The van der Waals surface area contributed by atoms with Crippen molar-refractivity contribution in [3.05, 3.63) is 47.7 Å². The molecule has 0 spiro atoms. The average Bonchev–Trinajstić information content (AvgIpc) is 3.21. The number of nitrogens with zero attached hydrogens (tertiary/aromatic N) is 3. The molecule has 0 unspecified atom stereocenters. The van der Waals surface area contributed by atoms with Crippen LogP contribution < -0.4 is 11.1 Å². The Morgan fingerprint density at radius 2 is 2.08 bits per heavy atom. The number of nitrogens with one attached hydrogen (secondary N) is 1. The second kappa shape index (κ2) is 6.79. The number of carbonyl (C=O) groups excluding carboxylic acids is 2. The summed E-state index contributed by atoms with van der Waals surface area (Å²) in [5.74, 6) is 0.406. The highest BCUT2D eigenvalue weighted by Gasteiger charge is 2.39. The van der Waals surface area contributed by atoms with Crippen molar-refractivity contribution in [1.82, 2.24) is 20.4 Å². The van der Waals surface area contributed by atoms with E-state index < -0.39 is 0 Å². The van der Waals surface area contributed by atoms with E-state index in [9.17, 15) is 9.59 Å². The van der Waals surface area contributed by atoms with Crippen LogP contribution in [0.15, 0.2) is 34.7 Å². The maximum absolute atomic E-state index is 12.3. The van der Waals surface area contributed by atoms with Gasteiger partial charge in [-0.15, -0.1) is 10.2 Å². The Bertz CT molecular complexity index is 730. The van der Waals surface area contributed by atoms with Gasteiger partial charge in [0.2, 0.25) is 17.7 Å². The number of carbonyl (C=O) groups is 2. The highest BCUT2D eigenvalue weighted by atomic mass is 16.4. The zero-order valence-corrected chi connectivity index (χ0v) is 13.3. The Morgan fingerprint density at radius 1 is 1.33 bits per heavy atom. The molecule has 0 saturated carbocycles. The molecule has 2 amide bonds. The van der Waals surface area contributed by atoms with Gasteiger partial charge in [0.25, 0.3) is 5.91 Å². The number of nitrogens with two attached hydrogens (primary N) is 1. The van der Waals surface area contributed by atoms with Crippen LogP contribution in [0.3, 0.4) is 0 Å². The predicted octanol–water partition coefficient (Wildman–Crippen LogP) is 0.409. The monoisotopic (exact) mass is 329 g/mol. The third kappa shape index (κ3) is 3.28. The number of hydrogen-bond acceptors (Lipinski definition) is 6. The van der Waals surface area contributed by atoms with Gasteiger partial charge in [0.05, 0.1) is 6.54 Å². The van der Waals surface area contributed by atoms with Crippen molar-refractivity contribution in [3.63, 3.8) is 0 Å². The predicted molar refractivity (Wildman–Crippen MR) is 84.9 cm³/mol. The van der Waals surface area contributed by atoms with Gasteiger partial charge in [0.15, 0.2) is 0 Å². The molecule has 0 radical (unpaired) electrons. The summed E-state index contributed by atoms with van der Waals surface area (Å²) in [7, 11) is 0. The van der Waals surface area contributed by atoms with Gasteiger partial charge in [0.1, 0.15) is 6.04 Å². The van der Waals surface area contributed by atoms with Crippen LogP contribution in [0.25, 0.3) is 0 Å². The van der Waals surface area contributed by atoms with Crippen molar-refractivity contribution in [1.29, 1.82) is 0 Å². The summed E-state index contributed by atoms with van der Waals surface area (Å²) in [5.41, 5.74) is 6.07. The fourth-order valence-corrected chi connectivity index (χ4v) is 2.87. The molecule has 126 valence electrons. The molecule has 8 heteroatoms. The molecule has 8 nitrogen and oxygen atoms in total. The smallest absolute Gasteiger partial charge is 0.251 e. The lowest BCUT2D eigenvalue weighted by Gasteiger charge is -2.21. The summed E-state index contributed by atoms with van der Waals surface area (Å²) >= 11 is 0. The molecule has 2 aromatic rings. The third-order valence-corrected chi connectivity index (χ3v) is 3.99. The van der Waals surface area contributed by atoms with Crippen LogP contribution in [-0.4, -0.2) is 46.0 Å². The van der Waals surface area contributed by atoms with E-state index in [1.54, 1.807) is 36.1 Å². The van der Waals surface area contributed by atoms with Gasteiger partial charge < -0.3 is 20.4 Å². The van der Waals surface area contributed by atoms with Gasteiger partial charge in [-0.2, -0.15) is 0 Å². The van der Waals surface area contributed by atoms with E-state index in [1.165, 1.54) is 0 Å². The molecule has 2 atom stereocenters. The van der Waals surface area contributed by atoms with E-state index in [2.05, 4.69) is 15.5 Å². The first-order valence-electron chi connectivity index (χ1n) is 7.74. The summed E-state index contributed by atoms with van der Waals surface area (Å²) in [6.45, 7) is 1.94. The molecule has 1 fully saturated rings. The summed E-state index contributed by atoms with van der Waals surface area (Å²) in [6.07, 6.45) is 0.506. The molecule has 2 heterocycles. The number of amides is 2. The molecule has 24 heavy (non-hydrogen) atoms. The number of benzene rings is 1. The van der Waals surface area contributed by atoms with Crippen molar-refractivity contribution in [2.24, 2.45) is 5.73 Å². The summed E-state index contributed by atoms with van der Waals surface area (Å²) in [5, 5.41) is 10.8. The first-order chi connectivity index (χ1) is 11.6. The lowest BCUT2D eigenvalue weighted by atomic mass is 10.1. The normalized spacial score (nSPS) is 20.2. The quantitative estimate of drug-likeness (QED) is 0.839. The molecule has 3 N–H and O–H groups in total. The number of hydrogen-bond donors (Lipinski definition) is 2. The summed E-state index contributed by atoms with van der Waals surface area (Å²) in [4.78, 5) is 26.0. The molecule has 1 aromatic heterocycles. The first kappa shape index (κ1) is 16.1. The van der Waals surface area contributed by atoms with E-state index in [4.69, 9.17) is 10.2 Å². The lowest BCUT2D eigenvalue weighted by molar-refractivity contribution is -0.131. The molecule has 0 aliphatic carbocycles. The molecular weight excluding hydrogens is 310 g/mol. The van der Waals surface area contributed by atoms with E-state index in [0.717, 1.165) is 0 Å². The molecule has 1 saturated heterocycles. The first-order valence-corrected chi connectivity index (χ1v) is 7.74. The van der Waals surface area contributed by atoms with Gasteiger partial charge in [-0.1, -0.05) is 18.2 Å². The lowest BCUT2D eigenvalue weighted by Crippen LogP contribution is -2.40. The highest BCUT2D eigenvalue weighted by Crippen LogP contribution is 2.31. The topological polar surface area (TPSA) is 114 Å². The van der Waals surface area contributed by atoms with Crippen molar-refractivity contribution < 1.29 is 14.0 Å². The van der Waals surface area contributed by atoms with Crippen LogP contribution in [0.4, 0.5) is 0 Å². The molecule has 1 aliphatic heterocycles. The number of likely N-dealkylation sites (tertiary alicyclic amines) is 1. The van der Waals surface area contributed by atoms with E-state index in [0.29, 0.717) is 30.3 Å². The van der Waals surface area contributed by atoms with Crippen LogP contribution in [0.1, 0.15) is 34.6 Å². The van der Waals surface area contributed by atoms with Gasteiger partial charge in [-0.3, -0.25) is 9.59 Å². The van der Waals surface area contributed by atoms with Crippen LogP contribution in [0.2, 0.25) is 0 Å².